The van der Waals surface area contributed by atoms with Crippen LogP contribution in [0.25, 0.3) is 0 Å². The number of carbonyl (C=O) groups excluding carboxylic acids is 2. The van der Waals surface area contributed by atoms with Crippen molar-refractivity contribution < 1.29 is 9.59 Å². The lowest BCUT2D eigenvalue weighted by Crippen LogP contribution is -2.42. The molecule has 2 atom stereocenters. The summed E-state index contributed by atoms with van der Waals surface area (Å²) in [5.41, 5.74) is 4.98. The highest BCUT2D eigenvalue weighted by Crippen LogP contribution is 2.46. The van der Waals surface area contributed by atoms with Crippen LogP contribution >= 0.6 is 43.5 Å². The third kappa shape index (κ3) is 4.80. The van der Waals surface area contributed by atoms with Gasteiger partial charge < -0.3 is 15.5 Å². The first-order valence-electron chi connectivity index (χ1n) is 11.3. The molecular weight excluding hydrogens is 572 g/mol. The monoisotopic (exact) mass is 594 g/mol. The number of amides is 3. The van der Waals surface area contributed by atoms with Gasteiger partial charge in [0.05, 0.1) is 11.7 Å². The third-order valence-corrected chi connectivity index (χ3v) is 8.35. The molecule has 1 aliphatic carbocycles. The number of aryl methyl sites for hydroxylation is 2. The molecule has 0 spiro atoms. The molecule has 0 radical (unpaired) electrons. The van der Waals surface area contributed by atoms with Gasteiger partial charge >= 0.3 is 6.03 Å². The van der Waals surface area contributed by atoms with E-state index in [1.54, 1.807) is 0 Å². The van der Waals surface area contributed by atoms with Crippen molar-refractivity contribution in [3.63, 3.8) is 0 Å². The lowest BCUT2D eigenvalue weighted by Gasteiger charge is -2.37. The van der Waals surface area contributed by atoms with Crippen LogP contribution in [0.4, 0.5) is 4.79 Å². The van der Waals surface area contributed by atoms with Crippen LogP contribution in [0.1, 0.15) is 47.6 Å². The van der Waals surface area contributed by atoms with Crippen LogP contribution in [0.5, 0.6) is 0 Å². The zero-order chi connectivity index (χ0) is 23.1. The van der Waals surface area contributed by atoms with E-state index in [9.17, 15) is 9.59 Å². The Morgan fingerprint density at radius 3 is 2.64 bits per heavy atom. The van der Waals surface area contributed by atoms with Gasteiger partial charge in [0, 0.05) is 52.1 Å². The van der Waals surface area contributed by atoms with Crippen LogP contribution < -0.4 is 10.6 Å². The molecule has 174 valence electrons. The van der Waals surface area contributed by atoms with E-state index in [1.165, 1.54) is 16.7 Å². The Bertz CT molecular complexity index is 1100. The zero-order valence-electron chi connectivity index (χ0n) is 18.0. The summed E-state index contributed by atoms with van der Waals surface area (Å²) < 4.78 is 2.03. The number of halogens is 3. The smallest absolute Gasteiger partial charge is 0.315 e. The van der Waals surface area contributed by atoms with E-state index in [1.807, 2.05) is 17.2 Å². The molecule has 0 unspecified atom stereocenters. The highest BCUT2D eigenvalue weighted by atomic mass is 79.9. The van der Waals surface area contributed by atoms with Crippen LogP contribution in [-0.4, -0.2) is 47.5 Å². The molecule has 0 bridgehead atoms. The first-order chi connectivity index (χ1) is 15.9. The second-order valence-electron chi connectivity index (χ2n) is 9.11. The molecule has 1 aromatic carbocycles. The molecule has 3 heterocycles. The lowest BCUT2D eigenvalue weighted by atomic mass is 9.76. The van der Waals surface area contributed by atoms with E-state index in [2.05, 4.69) is 54.6 Å². The molecule has 2 N–H and O–H groups in total. The van der Waals surface area contributed by atoms with Crippen molar-refractivity contribution in [2.75, 3.05) is 19.6 Å². The maximum atomic E-state index is 12.8. The zero-order valence-corrected chi connectivity index (χ0v) is 22.0. The minimum Gasteiger partial charge on any atom is -0.343 e. The minimum atomic E-state index is -0.193. The summed E-state index contributed by atoms with van der Waals surface area (Å²) in [4.78, 5) is 31.0. The largest absolute Gasteiger partial charge is 0.343 e. The number of fused-ring (bicyclic) bond motifs is 2. The first kappa shape index (κ1) is 23.1. The number of urea groups is 1. The van der Waals surface area contributed by atoms with Crippen molar-refractivity contribution in [2.24, 2.45) is 5.92 Å². The second kappa shape index (κ2) is 9.55. The van der Waals surface area contributed by atoms with Crippen molar-refractivity contribution in [1.82, 2.24) is 20.5 Å². The number of rotatable bonds is 3. The van der Waals surface area contributed by atoms with Crippen LogP contribution in [0.2, 0.25) is 5.02 Å². The maximum absolute atomic E-state index is 12.8. The summed E-state index contributed by atoms with van der Waals surface area (Å²) in [6.45, 7) is 1.95. The Labute approximate surface area is 215 Å². The Kier molecular flexibility index (Phi) is 6.69. The summed E-state index contributed by atoms with van der Waals surface area (Å²) in [5, 5.41) is 6.27. The van der Waals surface area contributed by atoms with Gasteiger partial charge in [-0.2, -0.15) is 0 Å². The number of benzene rings is 1. The number of carbonyl (C=O) groups is 2. The molecule has 2 saturated heterocycles. The van der Waals surface area contributed by atoms with E-state index < -0.39 is 0 Å². The van der Waals surface area contributed by atoms with E-state index >= 15 is 0 Å². The van der Waals surface area contributed by atoms with Gasteiger partial charge in [0.2, 0.25) is 5.91 Å². The third-order valence-electron chi connectivity index (χ3n) is 7.05. The average molecular weight is 597 g/mol. The van der Waals surface area contributed by atoms with Crippen molar-refractivity contribution in [3.05, 3.63) is 60.7 Å². The molecule has 9 heteroatoms. The minimum absolute atomic E-state index is 0.110. The topological polar surface area (TPSA) is 74.3 Å². The van der Waals surface area contributed by atoms with Crippen LogP contribution in [-0.2, 0) is 17.6 Å². The van der Waals surface area contributed by atoms with E-state index in [0.717, 1.165) is 58.4 Å². The highest BCUT2D eigenvalue weighted by molar-refractivity contribution is 9.10. The predicted molar refractivity (Wildman–Crippen MR) is 135 cm³/mol. The molecule has 33 heavy (non-hydrogen) atoms. The molecule has 3 aliphatic rings. The Hall–Kier alpha value is -1.64. The van der Waals surface area contributed by atoms with Gasteiger partial charge in [-0.25, -0.2) is 4.79 Å². The van der Waals surface area contributed by atoms with Gasteiger partial charge in [-0.1, -0.05) is 27.5 Å². The van der Waals surface area contributed by atoms with Gasteiger partial charge in [0.15, 0.2) is 0 Å². The lowest BCUT2D eigenvalue weighted by molar-refractivity contribution is -0.133. The van der Waals surface area contributed by atoms with Crippen molar-refractivity contribution in [2.45, 2.75) is 44.1 Å². The molecule has 2 aliphatic heterocycles. The van der Waals surface area contributed by atoms with Crippen LogP contribution in [0, 0.1) is 5.92 Å². The van der Waals surface area contributed by atoms with Gasteiger partial charge in [-0.3, -0.25) is 9.78 Å². The standard InChI is InChI=1S/C24H25Br2ClN4O2/c25-16-7-15-2-1-14-8-17(27)9-19(26)21(14)22(23(15)28-11-16)13-3-5-31(6-4-13)20(32)10-18-12-29-24(33)30-18/h7-9,11,13,18,22H,1-6,10,12H2,(H2,29,30,33)/t18-,22+/m0/s1. The van der Waals surface area contributed by atoms with Gasteiger partial charge in [0.25, 0.3) is 0 Å². The molecule has 2 fully saturated rings. The summed E-state index contributed by atoms with van der Waals surface area (Å²) in [6.07, 6.45) is 5.92. The number of hydrogen-bond donors (Lipinski definition) is 2. The first-order valence-corrected chi connectivity index (χ1v) is 13.3. The summed E-state index contributed by atoms with van der Waals surface area (Å²) >= 11 is 13.8. The molecule has 5 rings (SSSR count). The number of nitrogens with zero attached hydrogens (tertiary/aromatic N) is 2. The quantitative estimate of drug-likeness (QED) is 0.535. The number of aromatic nitrogens is 1. The summed E-state index contributed by atoms with van der Waals surface area (Å²) in [5.74, 6) is 0.649. The molecule has 6 nitrogen and oxygen atoms in total. The highest BCUT2D eigenvalue weighted by Gasteiger charge is 2.36. The van der Waals surface area contributed by atoms with Crippen molar-refractivity contribution in [1.29, 1.82) is 0 Å². The van der Waals surface area contributed by atoms with E-state index in [-0.39, 0.29) is 23.9 Å². The van der Waals surface area contributed by atoms with Crippen molar-refractivity contribution >= 4 is 55.4 Å². The Balaban J connectivity index is 1.39. The maximum Gasteiger partial charge on any atom is 0.315 e. The molecular formula is C24H25Br2ClN4O2. The van der Waals surface area contributed by atoms with E-state index in [4.69, 9.17) is 16.6 Å². The van der Waals surface area contributed by atoms with E-state index in [0.29, 0.717) is 18.9 Å². The summed E-state index contributed by atoms with van der Waals surface area (Å²) in [7, 11) is 0. The summed E-state index contributed by atoms with van der Waals surface area (Å²) in [6, 6.07) is 5.96. The van der Waals surface area contributed by atoms with Gasteiger partial charge in [-0.15, -0.1) is 0 Å². The Morgan fingerprint density at radius 2 is 1.91 bits per heavy atom. The molecule has 2 aromatic rings. The van der Waals surface area contributed by atoms with Gasteiger partial charge in [-0.05, 0) is 82.4 Å². The number of nitrogens with one attached hydrogen (secondary N) is 2. The molecule has 1 aromatic heterocycles. The van der Waals surface area contributed by atoms with Gasteiger partial charge in [0.1, 0.15) is 0 Å². The number of piperidine rings is 1. The Morgan fingerprint density at radius 1 is 1.15 bits per heavy atom. The fraction of sp³-hybridized carbons (Fsp3) is 0.458. The number of likely N-dealkylation sites (tertiary alicyclic amines) is 1. The number of pyridine rings is 1. The predicted octanol–water partition coefficient (Wildman–Crippen LogP) is 4.80. The van der Waals surface area contributed by atoms with Crippen LogP contribution in [0.3, 0.4) is 0 Å². The van der Waals surface area contributed by atoms with Crippen LogP contribution in [0.15, 0.2) is 33.3 Å². The molecule has 3 amide bonds. The fourth-order valence-electron chi connectivity index (χ4n) is 5.48. The second-order valence-corrected chi connectivity index (χ2v) is 11.3. The normalized spacial score (nSPS) is 22.8. The average Bonchev–Trinajstić information content (AvgIpc) is 3.11. The fourth-order valence-corrected chi connectivity index (χ4v) is 6.98. The number of hydrogen-bond acceptors (Lipinski definition) is 3. The SMILES string of the molecule is O=C1NC[C@H](CC(=O)N2CCC([C@H]3c4ncc(Br)cc4CCc4cc(Cl)cc(Br)c43)CC2)N1. The van der Waals surface area contributed by atoms with Crippen molar-refractivity contribution in [3.8, 4) is 0 Å². The molecule has 0 saturated carbocycles.